The largest absolute Gasteiger partial charge is 0.480 e. The number of benzene rings is 2. The van der Waals surface area contributed by atoms with Crippen molar-refractivity contribution in [2.75, 3.05) is 11.5 Å². The van der Waals surface area contributed by atoms with Gasteiger partial charge in [-0.15, -0.1) is 11.8 Å². The highest BCUT2D eigenvalue weighted by Crippen LogP contribution is 2.28. The van der Waals surface area contributed by atoms with Crippen LogP contribution in [0.3, 0.4) is 0 Å². The van der Waals surface area contributed by atoms with Crippen LogP contribution in [0, 0.1) is 0 Å². The summed E-state index contributed by atoms with van der Waals surface area (Å²) in [5.41, 5.74) is 0.606. The van der Waals surface area contributed by atoms with E-state index in [2.05, 4.69) is 17.4 Å². The van der Waals surface area contributed by atoms with Gasteiger partial charge in [-0.1, -0.05) is 30.3 Å². The summed E-state index contributed by atoms with van der Waals surface area (Å²) in [5, 5.41) is 12.3. The molecule has 1 aliphatic rings. The molecular weight excluding hydrogens is 366 g/mol. The molecule has 4 nitrogen and oxygen atoms in total. The average molecular weight is 388 g/mol. The first-order valence-electron chi connectivity index (χ1n) is 8.49. The van der Waals surface area contributed by atoms with Crippen LogP contribution in [0.15, 0.2) is 59.5 Å². The second-order valence-electron chi connectivity index (χ2n) is 6.25. The zero-order valence-corrected chi connectivity index (χ0v) is 15.9. The molecule has 0 atom stereocenters. The summed E-state index contributed by atoms with van der Waals surface area (Å²) in [7, 11) is 0. The molecule has 0 radical (unpaired) electrons. The van der Waals surface area contributed by atoms with Crippen LogP contribution >= 0.6 is 23.5 Å². The van der Waals surface area contributed by atoms with Gasteiger partial charge in [0.2, 0.25) is 0 Å². The Kier molecular flexibility index (Phi) is 6.27. The predicted octanol–water partition coefficient (Wildman–Crippen LogP) is 4.06. The standard InChI is InChI=1S/C20H21NO3S2/c22-18(21-20(19(23)24)10-12-25-13-11-20)16-6-8-17(9-7-16)26-14-15-4-2-1-3-5-15/h1-9H,10-14H2,(H,21,22)(H,23,24). The fourth-order valence-electron chi connectivity index (χ4n) is 2.85. The molecule has 1 amide bonds. The van der Waals surface area contributed by atoms with Crippen molar-refractivity contribution in [3.8, 4) is 0 Å². The Morgan fingerprint density at radius 3 is 2.31 bits per heavy atom. The third kappa shape index (κ3) is 4.62. The van der Waals surface area contributed by atoms with Crippen LogP contribution in [0.1, 0.15) is 28.8 Å². The molecule has 136 valence electrons. The summed E-state index contributed by atoms with van der Waals surface area (Å²) in [6, 6.07) is 17.5. The highest BCUT2D eigenvalue weighted by atomic mass is 32.2. The molecule has 0 saturated carbocycles. The average Bonchev–Trinajstić information content (AvgIpc) is 2.68. The first kappa shape index (κ1) is 18.9. The second kappa shape index (κ2) is 8.64. The van der Waals surface area contributed by atoms with Crippen molar-refractivity contribution >= 4 is 35.4 Å². The molecule has 0 aromatic heterocycles. The Bertz CT molecular complexity index is 756. The number of thioether (sulfide) groups is 2. The molecule has 2 aromatic rings. The molecule has 6 heteroatoms. The lowest BCUT2D eigenvalue weighted by atomic mass is 9.92. The number of carbonyl (C=O) groups is 2. The molecule has 2 aromatic carbocycles. The summed E-state index contributed by atoms with van der Waals surface area (Å²) in [6.07, 6.45) is 0.924. The van der Waals surface area contributed by atoms with Crippen molar-refractivity contribution in [3.05, 3.63) is 65.7 Å². The van der Waals surface area contributed by atoms with E-state index in [1.54, 1.807) is 35.7 Å². The number of carbonyl (C=O) groups excluding carboxylic acids is 1. The Morgan fingerprint density at radius 1 is 1.04 bits per heavy atom. The summed E-state index contributed by atoms with van der Waals surface area (Å²) in [6.45, 7) is 0. The molecular formula is C20H21NO3S2. The number of hydrogen-bond acceptors (Lipinski definition) is 4. The van der Waals surface area contributed by atoms with Crippen molar-refractivity contribution in [2.24, 2.45) is 0 Å². The maximum Gasteiger partial charge on any atom is 0.329 e. The number of carboxylic acid groups (broad SMARTS) is 1. The zero-order valence-electron chi connectivity index (χ0n) is 14.3. The Morgan fingerprint density at radius 2 is 1.69 bits per heavy atom. The number of nitrogens with one attached hydrogen (secondary N) is 1. The molecule has 3 rings (SSSR count). The predicted molar refractivity (Wildman–Crippen MR) is 107 cm³/mol. The number of hydrogen-bond donors (Lipinski definition) is 2. The summed E-state index contributed by atoms with van der Waals surface area (Å²) in [5.74, 6) is 1.11. The van der Waals surface area contributed by atoms with Crippen molar-refractivity contribution in [1.82, 2.24) is 5.32 Å². The van der Waals surface area contributed by atoms with Crippen LogP contribution < -0.4 is 5.32 Å². The lowest BCUT2D eigenvalue weighted by molar-refractivity contribution is -0.144. The number of amides is 1. The minimum atomic E-state index is -1.14. The molecule has 1 heterocycles. The number of rotatable bonds is 6. The molecule has 1 fully saturated rings. The molecule has 0 bridgehead atoms. The SMILES string of the molecule is O=C(NC1(C(=O)O)CCSCC1)c1ccc(SCc2ccccc2)cc1. The maximum atomic E-state index is 12.5. The van der Waals surface area contributed by atoms with E-state index in [1.165, 1.54) is 5.56 Å². The van der Waals surface area contributed by atoms with Crippen molar-refractivity contribution in [2.45, 2.75) is 29.0 Å². The van der Waals surface area contributed by atoms with Gasteiger partial charge < -0.3 is 10.4 Å². The molecule has 0 spiro atoms. The van der Waals surface area contributed by atoms with Crippen molar-refractivity contribution in [3.63, 3.8) is 0 Å². The fraction of sp³-hybridized carbons (Fsp3) is 0.300. The normalized spacial score (nSPS) is 16.0. The van der Waals surface area contributed by atoms with Gasteiger partial charge in [0.15, 0.2) is 0 Å². The van der Waals surface area contributed by atoms with Gasteiger partial charge in [0.05, 0.1) is 0 Å². The number of carboxylic acids is 1. The van der Waals surface area contributed by atoms with Crippen LogP contribution in [0.2, 0.25) is 0 Å². The molecule has 0 unspecified atom stereocenters. The van der Waals surface area contributed by atoms with Gasteiger partial charge in [-0.05, 0) is 54.2 Å². The minimum Gasteiger partial charge on any atom is -0.480 e. The topological polar surface area (TPSA) is 66.4 Å². The van der Waals surface area contributed by atoms with Crippen LogP contribution in [0.4, 0.5) is 0 Å². The Labute approximate surface area is 161 Å². The first-order chi connectivity index (χ1) is 12.6. The fourth-order valence-corrected chi connectivity index (χ4v) is 4.89. The van der Waals surface area contributed by atoms with E-state index in [9.17, 15) is 14.7 Å². The van der Waals surface area contributed by atoms with Gasteiger partial charge in [-0.3, -0.25) is 4.79 Å². The summed E-state index contributed by atoms with van der Waals surface area (Å²) < 4.78 is 0. The zero-order chi connectivity index (χ0) is 18.4. The molecule has 1 saturated heterocycles. The highest BCUT2D eigenvalue weighted by molar-refractivity contribution is 7.99. The Balaban J connectivity index is 1.62. The van der Waals surface area contributed by atoms with Gasteiger partial charge >= 0.3 is 5.97 Å². The third-order valence-electron chi connectivity index (χ3n) is 4.47. The van der Waals surface area contributed by atoms with Crippen molar-refractivity contribution in [1.29, 1.82) is 0 Å². The third-order valence-corrected chi connectivity index (χ3v) is 6.54. The second-order valence-corrected chi connectivity index (χ2v) is 8.53. The molecule has 26 heavy (non-hydrogen) atoms. The van der Waals surface area contributed by atoms with Crippen LogP contribution in [0.25, 0.3) is 0 Å². The summed E-state index contributed by atoms with van der Waals surface area (Å²) >= 11 is 3.43. The van der Waals surface area contributed by atoms with Gasteiger partial charge in [0.25, 0.3) is 5.91 Å². The van der Waals surface area contributed by atoms with Gasteiger partial charge in [0, 0.05) is 16.2 Å². The van der Waals surface area contributed by atoms with E-state index >= 15 is 0 Å². The van der Waals surface area contributed by atoms with Gasteiger partial charge in [-0.25, -0.2) is 4.79 Å². The van der Waals surface area contributed by atoms with E-state index in [0.29, 0.717) is 18.4 Å². The Hall–Kier alpha value is -1.92. The van der Waals surface area contributed by atoms with E-state index in [1.807, 2.05) is 30.3 Å². The molecule has 0 aliphatic carbocycles. The number of aliphatic carboxylic acids is 1. The smallest absolute Gasteiger partial charge is 0.329 e. The lowest BCUT2D eigenvalue weighted by Crippen LogP contribution is -2.56. The van der Waals surface area contributed by atoms with Gasteiger partial charge in [-0.2, -0.15) is 11.8 Å². The molecule has 2 N–H and O–H groups in total. The summed E-state index contributed by atoms with van der Waals surface area (Å²) in [4.78, 5) is 25.3. The van der Waals surface area contributed by atoms with Crippen LogP contribution in [0.5, 0.6) is 0 Å². The van der Waals surface area contributed by atoms with E-state index < -0.39 is 11.5 Å². The quantitative estimate of drug-likeness (QED) is 0.732. The molecule has 1 aliphatic heterocycles. The first-order valence-corrected chi connectivity index (χ1v) is 10.6. The van der Waals surface area contributed by atoms with Crippen molar-refractivity contribution < 1.29 is 14.7 Å². The lowest BCUT2D eigenvalue weighted by Gasteiger charge is -2.33. The van der Waals surface area contributed by atoms with Gasteiger partial charge in [0.1, 0.15) is 5.54 Å². The maximum absolute atomic E-state index is 12.5. The van der Waals surface area contributed by atoms with Crippen LogP contribution in [-0.2, 0) is 10.5 Å². The highest BCUT2D eigenvalue weighted by Gasteiger charge is 2.41. The van der Waals surface area contributed by atoms with E-state index in [-0.39, 0.29) is 5.91 Å². The monoisotopic (exact) mass is 387 g/mol. The minimum absolute atomic E-state index is 0.320. The van der Waals surface area contributed by atoms with E-state index in [0.717, 1.165) is 22.2 Å². The van der Waals surface area contributed by atoms with Crippen LogP contribution in [-0.4, -0.2) is 34.0 Å². The van der Waals surface area contributed by atoms with E-state index in [4.69, 9.17) is 0 Å².